The van der Waals surface area contributed by atoms with Crippen LogP contribution in [0.2, 0.25) is 0 Å². The Morgan fingerprint density at radius 3 is 2.24 bits per heavy atom. The largest absolute Gasteiger partial charge is 0.278 e. The number of anilines is 1. The Morgan fingerprint density at radius 2 is 1.68 bits per heavy atom. The quantitative estimate of drug-likeness (QED) is 0.600. The smallest absolute Gasteiger partial charge is 0.269 e. The van der Waals surface area contributed by atoms with E-state index in [0.29, 0.717) is 15.9 Å². The molecule has 1 heterocycles. The normalized spacial score (nSPS) is 16.8. The summed E-state index contributed by atoms with van der Waals surface area (Å²) < 4.78 is 0. The van der Waals surface area contributed by atoms with Gasteiger partial charge in [-0.15, -0.1) is 0 Å². The highest BCUT2D eigenvalue weighted by Crippen LogP contribution is 2.42. The van der Waals surface area contributed by atoms with Gasteiger partial charge in [0.1, 0.15) is 0 Å². The van der Waals surface area contributed by atoms with Crippen LogP contribution in [0.1, 0.15) is 5.56 Å². The van der Waals surface area contributed by atoms with Gasteiger partial charge in [-0.25, -0.2) is 4.99 Å². The molecule has 8 nitrogen and oxygen atoms in total. The van der Waals surface area contributed by atoms with E-state index in [2.05, 4.69) is 4.99 Å². The number of nitrogens with zero attached hydrogens (tertiary/aromatic N) is 4. The highest BCUT2D eigenvalue weighted by Gasteiger charge is 2.34. The number of non-ortho nitro benzene ring substituents is 1. The van der Waals surface area contributed by atoms with Gasteiger partial charge < -0.3 is 0 Å². The predicted molar refractivity (Wildman–Crippen MR) is 96.5 cm³/mol. The Hall–Kier alpha value is -3.20. The molecule has 1 fully saturated rings. The van der Waals surface area contributed by atoms with Crippen molar-refractivity contribution in [3.63, 3.8) is 0 Å². The monoisotopic (exact) mass is 356 g/mol. The van der Waals surface area contributed by atoms with Crippen LogP contribution in [-0.4, -0.2) is 15.0 Å². The highest BCUT2D eigenvalue weighted by atomic mass is 32.2. The molecule has 1 aliphatic heterocycles. The van der Waals surface area contributed by atoms with E-state index >= 15 is 0 Å². The lowest BCUT2D eigenvalue weighted by atomic mass is 10.2. The van der Waals surface area contributed by atoms with Gasteiger partial charge in [-0.2, -0.15) is 0 Å². The van der Waals surface area contributed by atoms with Crippen molar-refractivity contribution in [3.05, 3.63) is 85.6 Å². The van der Waals surface area contributed by atoms with Gasteiger partial charge in [0, 0.05) is 17.8 Å². The van der Waals surface area contributed by atoms with E-state index in [1.54, 1.807) is 4.90 Å². The minimum atomic E-state index is -0.538. The van der Waals surface area contributed by atoms with Gasteiger partial charge in [-0.3, -0.25) is 25.1 Å². The van der Waals surface area contributed by atoms with Gasteiger partial charge in [0.25, 0.3) is 11.9 Å². The first kappa shape index (κ1) is 16.7. The van der Waals surface area contributed by atoms with Crippen LogP contribution >= 0.6 is 11.8 Å². The molecule has 0 spiro atoms. The molecule has 0 saturated carbocycles. The lowest BCUT2D eigenvalue weighted by Crippen LogP contribution is -2.36. The summed E-state index contributed by atoms with van der Waals surface area (Å²) in [5, 5.41) is 22.5. The van der Waals surface area contributed by atoms with Crippen molar-refractivity contribution in [2.45, 2.75) is 6.92 Å². The van der Waals surface area contributed by atoms with E-state index < -0.39 is 9.85 Å². The molecule has 1 aliphatic rings. The van der Waals surface area contributed by atoms with E-state index in [0.717, 1.165) is 17.5 Å². The number of aliphatic imine (C=N–C) groups is 1. The number of nitro groups is 2. The third-order valence-electron chi connectivity index (χ3n) is 3.40. The van der Waals surface area contributed by atoms with Crippen molar-refractivity contribution in [1.29, 1.82) is 0 Å². The van der Waals surface area contributed by atoms with Crippen molar-refractivity contribution in [1.82, 2.24) is 0 Å². The van der Waals surface area contributed by atoms with Gasteiger partial charge in [0.15, 0.2) is 10.2 Å². The second-order valence-corrected chi connectivity index (χ2v) is 6.18. The molecule has 2 aromatic carbocycles. The Morgan fingerprint density at radius 1 is 1.04 bits per heavy atom. The first-order chi connectivity index (χ1) is 11.9. The van der Waals surface area contributed by atoms with E-state index in [1.165, 1.54) is 36.0 Å². The fourth-order valence-electron chi connectivity index (χ4n) is 2.18. The first-order valence-electron chi connectivity index (χ1n) is 7.17. The van der Waals surface area contributed by atoms with Gasteiger partial charge in [-0.1, -0.05) is 17.7 Å². The number of hydrogen-bond acceptors (Lipinski definition) is 6. The summed E-state index contributed by atoms with van der Waals surface area (Å²) >= 11 is 1.18. The Kier molecular flexibility index (Phi) is 4.48. The first-order valence-corrected chi connectivity index (χ1v) is 7.99. The SMILES string of the molecule is Cc1ccc(N=C2S/C(=C\[N+](=O)[O-])N2c2ccc([N+](=O)[O-])cc2)cc1. The molecule has 126 valence electrons. The molecule has 1 saturated heterocycles. The highest BCUT2D eigenvalue weighted by molar-refractivity contribution is 8.20. The molecule has 3 rings (SSSR count). The van der Waals surface area contributed by atoms with Gasteiger partial charge >= 0.3 is 0 Å². The summed E-state index contributed by atoms with van der Waals surface area (Å²) in [6, 6.07) is 13.3. The molecule has 0 amide bonds. The average Bonchev–Trinajstić information content (AvgIpc) is 2.55. The summed E-state index contributed by atoms with van der Waals surface area (Å²) in [5.41, 5.74) is 2.35. The fourth-order valence-corrected chi connectivity index (χ4v) is 3.10. The van der Waals surface area contributed by atoms with Crippen LogP contribution in [0, 0.1) is 27.2 Å². The predicted octanol–water partition coefficient (Wildman–Crippen LogP) is 4.22. The van der Waals surface area contributed by atoms with E-state index in [9.17, 15) is 20.2 Å². The molecule has 25 heavy (non-hydrogen) atoms. The second kappa shape index (κ2) is 6.73. The maximum atomic E-state index is 10.8. The molecular formula is C16H12N4O4S. The summed E-state index contributed by atoms with van der Waals surface area (Å²) in [6.45, 7) is 1.97. The fraction of sp³-hybridized carbons (Fsp3) is 0.0625. The van der Waals surface area contributed by atoms with E-state index in [4.69, 9.17) is 0 Å². The Bertz CT molecular complexity index is 891. The molecule has 0 aliphatic carbocycles. The molecule has 9 heteroatoms. The second-order valence-electron chi connectivity index (χ2n) is 5.19. The Labute approximate surface area is 146 Å². The molecule has 0 unspecified atom stereocenters. The molecular weight excluding hydrogens is 344 g/mol. The molecule has 0 aromatic heterocycles. The van der Waals surface area contributed by atoms with Crippen LogP contribution in [0.5, 0.6) is 0 Å². The van der Waals surface area contributed by atoms with Gasteiger partial charge in [0.05, 0.1) is 15.5 Å². The van der Waals surface area contributed by atoms with Crippen LogP contribution in [0.25, 0.3) is 0 Å². The molecule has 0 atom stereocenters. The van der Waals surface area contributed by atoms with Crippen molar-refractivity contribution in [2.75, 3.05) is 4.90 Å². The number of hydrogen-bond donors (Lipinski definition) is 0. The lowest BCUT2D eigenvalue weighted by Gasteiger charge is -2.34. The van der Waals surface area contributed by atoms with Crippen molar-refractivity contribution in [2.24, 2.45) is 4.99 Å². The summed E-state index contributed by atoms with van der Waals surface area (Å²) in [7, 11) is 0. The third-order valence-corrected chi connectivity index (χ3v) is 4.35. The lowest BCUT2D eigenvalue weighted by molar-refractivity contribution is -0.402. The van der Waals surface area contributed by atoms with Crippen LogP contribution < -0.4 is 4.90 Å². The van der Waals surface area contributed by atoms with Crippen LogP contribution in [0.15, 0.2) is 64.8 Å². The number of rotatable bonds is 4. The number of benzene rings is 2. The third kappa shape index (κ3) is 3.66. The molecule has 2 aromatic rings. The number of thioether (sulfide) groups is 1. The molecule has 0 radical (unpaired) electrons. The summed E-state index contributed by atoms with van der Waals surface area (Å²) in [5.74, 6) is 0. The molecule has 0 N–H and O–H groups in total. The van der Waals surface area contributed by atoms with Gasteiger partial charge in [-0.05, 0) is 43.0 Å². The topological polar surface area (TPSA) is 102 Å². The van der Waals surface area contributed by atoms with E-state index in [-0.39, 0.29) is 5.69 Å². The maximum Gasteiger partial charge on any atom is 0.269 e. The average molecular weight is 356 g/mol. The van der Waals surface area contributed by atoms with E-state index in [1.807, 2.05) is 31.2 Å². The number of aryl methyl sites for hydroxylation is 1. The van der Waals surface area contributed by atoms with Crippen LogP contribution in [-0.2, 0) is 0 Å². The number of amidine groups is 1. The maximum absolute atomic E-state index is 10.8. The number of nitro benzene ring substituents is 1. The van der Waals surface area contributed by atoms with Crippen LogP contribution in [0.3, 0.4) is 0 Å². The summed E-state index contributed by atoms with van der Waals surface area (Å²) in [6.07, 6.45) is 0.889. The van der Waals surface area contributed by atoms with Crippen LogP contribution in [0.4, 0.5) is 17.1 Å². The minimum Gasteiger partial charge on any atom is -0.278 e. The minimum absolute atomic E-state index is 0.0474. The molecule has 0 bridgehead atoms. The van der Waals surface area contributed by atoms with Crippen molar-refractivity contribution >= 4 is 34.0 Å². The standard InChI is InChI=1S/C16H12N4O4S/c1-11-2-4-12(5-3-11)17-16-19(15(25-16)10-18(21)22)13-6-8-14(9-7-13)20(23)24/h2-10H,1H3/b15-10-,17-16?. The Balaban J connectivity index is 1.95. The van der Waals surface area contributed by atoms with Gasteiger partial charge in [0.2, 0.25) is 0 Å². The van der Waals surface area contributed by atoms with Crippen molar-refractivity contribution in [3.8, 4) is 0 Å². The van der Waals surface area contributed by atoms with Crippen molar-refractivity contribution < 1.29 is 9.85 Å². The zero-order valence-electron chi connectivity index (χ0n) is 13.0. The summed E-state index contributed by atoms with van der Waals surface area (Å²) in [4.78, 5) is 26.6. The zero-order chi connectivity index (χ0) is 18.0. The zero-order valence-corrected chi connectivity index (χ0v) is 13.8.